The number of aryl methyl sites for hydroxylation is 1. The Kier molecular flexibility index (Phi) is 10.5. The van der Waals surface area contributed by atoms with Gasteiger partial charge in [-0.05, 0) is 57.1 Å². The molecule has 0 radical (unpaired) electrons. The number of hydrogen-bond donors (Lipinski definition) is 2. The number of oxazole rings is 1. The summed E-state index contributed by atoms with van der Waals surface area (Å²) in [7, 11) is 0. The second kappa shape index (κ2) is 12.6. The van der Waals surface area contributed by atoms with E-state index in [4.69, 9.17) is 9.15 Å². The van der Waals surface area contributed by atoms with Crippen LogP contribution in [0.4, 0.5) is 0 Å². The van der Waals surface area contributed by atoms with Crippen molar-refractivity contribution in [1.29, 1.82) is 0 Å². The summed E-state index contributed by atoms with van der Waals surface area (Å²) in [4.78, 5) is 30.6. The molecule has 35 heavy (non-hydrogen) atoms. The highest BCUT2D eigenvalue weighted by Crippen LogP contribution is 2.34. The first-order valence-electron chi connectivity index (χ1n) is 12.7. The number of hydrogen-bond acceptors (Lipinski definition) is 7. The van der Waals surface area contributed by atoms with E-state index < -0.39 is 35.6 Å². The largest absolute Gasteiger partial charge is 0.457 e. The van der Waals surface area contributed by atoms with Crippen molar-refractivity contribution in [2.75, 3.05) is 0 Å². The molecule has 1 aliphatic heterocycles. The third-order valence-electron chi connectivity index (χ3n) is 7.30. The maximum absolute atomic E-state index is 13.4. The number of aliphatic hydroxyl groups excluding tert-OH is 2. The Labute approximate surface area is 209 Å². The van der Waals surface area contributed by atoms with Gasteiger partial charge in [0.25, 0.3) is 0 Å². The van der Waals surface area contributed by atoms with Crippen molar-refractivity contribution in [3.63, 3.8) is 0 Å². The molecule has 1 aromatic rings. The third-order valence-corrected chi connectivity index (χ3v) is 7.30. The minimum absolute atomic E-state index is 0.0497. The van der Waals surface area contributed by atoms with Gasteiger partial charge >= 0.3 is 5.97 Å². The quantitative estimate of drug-likeness (QED) is 0.444. The number of Topliss-reactive ketones (excluding diaryl/α,β-unsaturated/α-hetero) is 1. The van der Waals surface area contributed by atoms with Gasteiger partial charge in [0.1, 0.15) is 23.8 Å². The fraction of sp³-hybridized carbons (Fsp3) is 0.679. The van der Waals surface area contributed by atoms with Gasteiger partial charge in [0.2, 0.25) is 0 Å². The predicted octanol–water partition coefficient (Wildman–Crippen LogP) is 5.19. The van der Waals surface area contributed by atoms with Crippen molar-refractivity contribution >= 4 is 17.8 Å². The van der Waals surface area contributed by atoms with E-state index in [9.17, 15) is 19.8 Å². The highest BCUT2D eigenvalue weighted by atomic mass is 16.5. The molecule has 7 nitrogen and oxygen atoms in total. The van der Waals surface area contributed by atoms with E-state index >= 15 is 0 Å². The highest BCUT2D eigenvalue weighted by molar-refractivity contribution is 5.88. The lowest BCUT2D eigenvalue weighted by Crippen LogP contribution is -2.46. The Hall–Kier alpha value is -2.25. The van der Waals surface area contributed by atoms with E-state index in [1.165, 1.54) is 5.57 Å². The molecule has 2 N–H and O–H groups in total. The van der Waals surface area contributed by atoms with Gasteiger partial charge in [-0.15, -0.1) is 0 Å². The molecule has 0 aliphatic carbocycles. The van der Waals surface area contributed by atoms with Crippen molar-refractivity contribution in [2.24, 2.45) is 17.3 Å². The lowest BCUT2D eigenvalue weighted by Gasteiger charge is -2.35. The molecule has 5 atom stereocenters. The number of carbonyl (C=O) groups is 2. The molecule has 196 valence electrons. The summed E-state index contributed by atoms with van der Waals surface area (Å²) >= 11 is 0. The Balaban J connectivity index is 2.35. The number of esters is 1. The molecule has 0 spiro atoms. The Bertz CT molecular complexity index is 928. The van der Waals surface area contributed by atoms with E-state index in [0.29, 0.717) is 24.4 Å². The monoisotopic (exact) mass is 489 g/mol. The van der Waals surface area contributed by atoms with Crippen molar-refractivity contribution in [3.05, 3.63) is 35.1 Å². The van der Waals surface area contributed by atoms with E-state index in [1.807, 2.05) is 33.8 Å². The molecule has 1 aromatic heterocycles. The Morgan fingerprint density at radius 2 is 1.94 bits per heavy atom. The molecule has 1 aliphatic rings. The Morgan fingerprint density at radius 1 is 1.26 bits per heavy atom. The molecular weight excluding hydrogens is 446 g/mol. The Morgan fingerprint density at radius 3 is 2.54 bits per heavy atom. The van der Waals surface area contributed by atoms with Crippen LogP contribution in [0.5, 0.6) is 0 Å². The number of nitrogens with zero attached hydrogens (tertiary/aromatic N) is 1. The van der Waals surface area contributed by atoms with Gasteiger partial charge in [-0.1, -0.05) is 39.3 Å². The molecule has 7 heteroatoms. The summed E-state index contributed by atoms with van der Waals surface area (Å²) in [6.45, 7) is 12.8. The molecule has 2 heterocycles. The molecule has 0 unspecified atom stereocenters. The van der Waals surface area contributed by atoms with Crippen LogP contribution in [0.2, 0.25) is 0 Å². The maximum Gasteiger partial charge on any atom is 0.309 e. The zero-order valence-corrected chi connectivity index (χ0v) is 22.3. The van der Waals surface area contributed by atoms with Crippen LogP contribution in [-0.2, 0) is 14.3 Å². The minimum Gasteiger partial charge on any atom is -0.457 e. The predicted molar refractivity (Wildman–Crippen MR) is 135 cm³/mol. The number of allylic oxidation sites excluding steroid dienone is 1. The van der Waals surface area contributed by atoms with Crippen LogP contribution in [0.3, 0.4) is 0 Å². The SMILES string of the molecule is CC[C@H]1C(=O)C(C)(C)[C@@H](O)CC(=O)O[C@H](C(C)=Cc2coc(C)n2)CC=C(C)CCC[C@H](C)[C@@H]1O. The highest BCUT2D eigenvalue weighted by Gasteiger charge is 2.43. The van der Waals surface area contributed by atoms with E-state index in [0.717, 1.165) is 24.8 Å². The van der Waals surface area contributed by atoms with Gasteiger partial charge in [-0.3, -0.25) is 9.59 Å². The van der Waals surface area contributed by atoms with E-state index in [1.54, 1.807) is 27.0 Å². The summed E-state index contributed by atoms with van der Waals surface area (Å²) in [6.07, 6.45) is 6.09. The van der Waals surface area contributed by atoms with Crippen molar-refractivity contribution in [1.82, 2.24) is 4.98 Å². The zero-order valence-electron chi connectivity index (χ0n) is 22.3. The summed E-state index contributed by atoms with van der Waals surface area (Å²) < 4.78 is 11.1. The first-order valence-corrected chi connectivity index (χ1v) is 12.7. The lowest BCUT2D eigenvalue weighted by atomic mass is 9.71. The topological polar surface area (TPSA) is 110 Å². The number of aromatic nitrogens is 1. The summed E-state index contributed by atoms with van der Waals surface area (Å²) in [5, 5.41) is 21.9. The first kappa shape index (κ1) is 29.0. The van der Waals surface area contributed by atoms with Crippen LogP contribution < -0.4 is 0 Å². The fourth-order valence-corrected chi connectivity index (χ4v) is 4.62. The maximum atomic E-state index is 13.4. The number of carbonyl (C=O) groups excluding carboxylic acids is 2. The van der Waals surface area contributed by atoms with Crippen LogP contribution in [0, 0.1) is 24.2 Å². The van der Waals surface area contributed by atoms with Gasteiger partial charge in [0, 0.05) is 19.3 Å². The average molecular weight is 490 g/mol. The molecule has 0 amide bonds. The van der Waals surface area contributed by atoms with Crippen LogP contribution in [0.1, 0.15) is 91.7 Å². The second-order valence-electron chi connectivity index (χ2n) is 10.6. The summed E-state index contributed by atoms with van der Waals surface area (Å²) in [5.74, 6) is -0.899. The summed E-state index contributed by atoms with van der Waals surface area (Å²) in [6, 6.07) is 0. The van der Waals surface area contributed by atoms with Crippen LogP contribution >= 0.6 is 0 Å². The molecule has 2 rings (SSSR count). The minimum atomic E-state index is -1.23. The molecule has 0 saturated heterocycles. The average Bonchev–Trinajstić information content (AvgIpc) is 3.20. The first-order chi connectivity index (χ1) is 16.4. The van der Waals surface area contributed by atoms with Gasteiger partial charge in [0.15, 0.2) is 5.89 Å². The molecule has 0 bridgehead atoms. The van der Waals surface area contributed by atoms with Crippen LogP contribution in [0.25, 0.3) is 6.08 Å². The molecular formula is C28H43NO6. The fourth-order valence-electron chi connectivity index (χ4n) is 4.62. The normalized spacial score (nSPS) is 30.0. The van der Waals surface area contributed by atoms with Gasteiger partial charge < -0.3 is 19.4 Å². The van der Waals surface area contributed by atoms with E-state index in [-0.39, 0.29) is 18.1 Å². The molecule has 0 saturated carbocycles. The number of ketones is 1. The van der Waals surface area contributed by atoms with Gasteiger partial charge in [0.05, 0.1) is 24.0 Å². The van der Waals surface area contributed by atoms with Crippen molar-refractivity contribution in [3.8, 4) is 0 Å². The van der Waals surface area contributed by atoms with Crippen molar-refractivity contribution < 1.29 is 29.0 Å². The number of rotatable bonds is 3. The van der Waals surface area contributed by atoms with E-state index in [2.05, 4.69) is 11.1 Å². The number of aliphatic hydroxyl groups is 2. The smallest absolute Gasteiger partial charge is 0.309 e. The zero-order chi connectivity index (χ0) is 26.3. The van der Waals surface area contributed by atoms with Crippen LogP contribution in [0.15, 0.2) is 27.9 Å². The lowest BCUT2D eigenvalue weighted by molar-refractivity contribution is -0.154. The van der Waals surface area contributed by atoms with Crippen LogP contribution in [-0.4, -0.2) is 45.3 Å². The number of ether oxygens (including phenoxy) is 1. The van der Waals surface area contributed by atoms with Gasteiger partial charge in [-0.25, -0.2) is 4.98 Å². The number of cyclic esters (lactones) is 1. The standard InChI is InChI=1S/C28H43NO6/c1-8-22-26(32)18(3)11-9-10-17(2)12-13-23(19(4)14-21-16-34-20(5)29-21)35-25(31)15-24(30)28(6,7)27(22)33/h12,14,16,18,22-24,26,30,32H,8-11,13,15H2,1-7H3/t18-,22+,23-,24-,26-/m0/s1. The van der Waals surface area contributed by atoms with Crippen molar-refractivity contribution in [2.45, 2.75) is 105 Å². The third kappa shape index (κ3) is 7.87. The summed E-state index contributed by atoms with van der Waals surface area (Å²) in [5.41, 5.74) is 1.43. The molecule has 0 aromatic carbocycles. The second-order valence-corrected chi connectivity index (χ2v) is 10.6. The molecule has 0 fully saturated rings. The van der Waals surface area contributed by atoms with Gasteiger partial charge in [-0.2, -0.15) is 0 Å².